The van der Waals surface area contributed by atoms with Crippen LogP contribution in [0.2, 0.25) is 0 Å². The minimum Gasteiger partial charge on any atom is -0.373 e. The van der Waals surface area contributed by atoms with E-state index in [1.165, 1.54) is 0 Å². The van der Waals surface area contributed by atoms with E-state index in [0.29, 0.717) is 19.6 Å². The Bertz CT molecular complexity index is 756. The summed E-state index contributed by atoms with van der Waals surface area (Å²) in [5, 5.41) is 0. The SMILES string of the molecule is Cc1cc(CC(=O)N2CCO[C@@H](CN(C)C)[C@@H]2c2ccccc2)cc(C)n1. The Kier molecular flexibility index (Phi) is 6.24. The standard InChI is InChI=1S/C22H29N3O2/c1-16-12-18(13-17(2)23-16)14-21(26)25-10-11-27-20(15-24(3)4)22(25)19-8-6-5-7-9-19/h5-9,12-13,20,22H,10-11,14-15H2,1-4H3/t20-,22-/m0/s1. The van der Waals surface area contributed by atoms with Gasteiger partial charge in [0.2, 0.25) is 5.91 Å². The number of aryl methyl sites for hydroxylation is 2. The summed E-state index contributed by atoms with van der Waals surface area (Å²) in [5.41, 5.74) is 4.04. The Labute approximate surface area is 162 Å². The lowest BCUT2D eigenvalue weighted by molar-refractivity contribution is -0.147. The van der Waals surface area contributed by atoms with E-state index >= 15 is 0 Å². The van der Waals surface area contributed by atoms with Gasteiger partial charge in [0.05, 0.1) is 25.2 Å². The van der Waals surface area contributed by atoms with Crippen LogP contribution in [-0.4, -0.2) is 60.6 Å². The maximum Gasteiger partial charge on any atom is 0.227 e. The lowest BCUT2D eigenvalue weighted by Crippen LogP contribution is -2.51. The van der Waals surface area contributed by atoms with Crippen molar-refractivity contribution in [1.82, 2.24) is 14.8 Å². The number of rotatable bonds is 5. The predicted octanol–water partition coefficient (Wildman–Crippen LogP) is 2.77. The fourth-order valence-electron chi connectivity index (χ4n) is 3.87. The molecule has 1 fully saturated rings. The molecule has 0 unspecified atom stereocenters. The number of likely N-dealkylation sites (N-methyl/N-ethyl adjacent to an activating group) is 1. The van der Waals surface area contributed by atoms with E-state index in [1.54, 1.807) is 0 Å². The van der Waals surface area contributed by atoms with Crippen LogP contribution >= 0.6 is 0 Å². The molecule has 0 bridgehead atoms. The van der Waals surface area contributed by atoms with Gasteiger partial charge in [-0.1, -0.05) is 30.3 Å². The van der Waals surface area contributed by atoms with Crippen molar-refractivity contribution in [2.75, 3.05) is 33.8 Å². The van der Waals surface area contributed by atoms with Crippen molar-refractivity contribution < 1.29 is 9.53 Å². The highest BCUT2D eigenvalue weighted by Gasteiger charge is 2.36. The van der Waals surface area contributed by atoms with Gasteiger partial charge in [0.1, 0.15) is 0 Å². The summed E-state index contributed by atoms with van der Waals surface area (Å²) in [7, 11) is 4.07. The maximum absolute atomic E-state index is 13.2. The molecule has 3 rings (SSSR count). The molecule has 0 radical (unpaired) electrons. The van der Waals surface area contributed by atoms with Crippen LogP contribution in [0.3, 0.4) is 0 Å². The molecule has 1 saturated heterocycles. The third-order valence-electron chi connectivity index (χ3n) is 4.86. The summed E-state index contributed by atoms with van der Waals surface area (Å²) in [4.78, 5) is 21.8. The summed E-state index contributed by atoms with van der Waals surface area (Å²) in [6.45, 7) is 5.90. The zero-order valence-electron chi connectivity index (χ0n) is 16.7. The third kappa shape index (κ3) is 4.93. The maximum atomic E-state index is 13.2. The van der Waals surface area contributed by atoms with Gasteiger partial charge in [0.25, 0.3) is 0 Å². The van der Waals surface area contributed by atoms with Gasteiger partial charge < -0.3 is 14.5 Å². The molecule has 5 nitrogen and oxygen atoms in total. The summed E-state index contributed by atoms with van der Waals surface area (Å²) < 4.78 is 6.08. The van der Waals surface area contributed by atoms with Crippen molar-refractivity contribution in [3.63, 3.8) is 0 Å². The largest absolute Gasteiger partial charge is 0.373 e. The first-order valence-corrected chi connectivity index (χ1v) is 9.49. The van der Waals surface area contributed by atoms with Crippen LogP contribution in [0.4, 0.5) is 0 Å². The van der Waals surface area contributed by atoms with Gasteiger partial charge in [0.15, 0.2) is 0 Å². The number of carbonyl (C=O) groups is 1. The number of ether oxygens (including phenoxy) is 1. The summed E-state index contributed by atoms with van der Waals surface area (Å²) in [6.07, 6.45) is 0.350. The van der Waals surface area contributed by atoms with Crippen LogP contribution in [0.15, 0.2) is 42.5 Å². The second-order valence-electron chi connectivity index (χ2n) is 7.55. The lowest BCUT2D eigenvalue weighted by Gasteiger charge is -2.42. The number of hydrogen-bond donors (Lipinski definition) is 0. The molecule has 5 heteroatoms. The number of nitrogens with zero attached hydrogens (tertiary/aromatic N) is 3. The molecule has 1 aliphatic heterocycles. The van der Waals surface area contributed by atoms with Crippen molar-refractivity contribution in [3.05, 3.63) is 65.0 Å². The van der Waals surface area contributed by atoms with Gasteiger partial charge in [-0.3, -0.25) is 9.78 Å². The fraction of sp³-hybridized carbons (Fsp3) is 0.455. The Morgan fingerprint density at radius 3 is 2.48 bits per heavy atom. The molecule has 27 heavy (non-hydrogen) atoms. The number of morpholine rings is 1. The number of benzene rings is 1. The molecule has 2 aromatic rings. The smallest absolute Gasteiger partial charge is 0.227 e. The Balaban J connectivity index is 1.87. The lowest BCUT2D eigenvalue weighted by atomic mass is 9.96. The van der Waals surface area contributed by atoms with E-state index in [1.807, 2.05) is 63.2 Å². The highest BCUT2D eigenvalue weighted by Crippen LogP contribution is 2.30. The topological polar surface area (TPSA) is 45.7 Å². The molecule has 1 aromatic heterocycles. The van der Waals surface area contributed by atoms with Gasteiger partial charge in [-0.2, -0.15) is 0 Å². The van der Waals surface area contributed by atoms with Crippen LogP contribution in [0.5, 0.6) is 0 Å². The minimum atomic E-state index is -0.0705. The molecule has 1 aromatic carbocycles. The molecule has 0 aliphatic carbocycles. The molecular formula is C22H29N3O2. The van der Waals surface area contributed by atoms with E-state index in [2.05, 4.69) is 22.0 Å². The Morgan fingerprint density at radius 2 is 1.85 bits per heavy atom. The fourth-order valence-corrected chi connectivity index (χ4v) is 3.87. The number of carbonyl (C=O) groups excluding carboxylic acids is 1. The second-order valence-corrected chi connectivity index (χ2v) is 7.55. The Hall–Kier alpha value is -2.24. The molecule has 1 aliphatic rings. The van der Waals surface area contributed by atoms with Crippen LogP contribution in [0.25, 0.3) is 0 Å². The summed E-state index contributed by atoms with van der Waals surface area (Å²) >= 11 is 0. The highest BCUT2D eigenvalue weighted by molar-refractivity contribution is 5.79. The van der Waals surface area contributed by atoms with Crippen molar-refractivity contribution in [3.8, 4) is 0 Å². The molecule has 2 atom stereocenters. The van der Waals surface area contributed by atoms with Crippen LogP contribution < -0.4 is 0 Å². The molecule has 0 saturated carbocycles. The van der Waals surface area contributed by atoms with Gasteiger partial charge in [-0.25, -0.2) is 0 Å². The molecule has 144 valence electrons. The van der Waals surface area contributed by atoms with Gasteiger partial charge in [0, 0.05) is 24.5 Å². The number of amides is 1. The van der Waals surface area contributed by atoms with E-state index in [4.69, 9.17) is 4.74 Å². The molecule has 2 heterocycles. The van der Waals surface area contributed by atoms with Crippen LogP contribution in [0.1, 0.15) is 28.6 Å². The van der Waals surface area contributed by atoms with Gasteiger partial charge >= 0.3 is 0 Å². The molecule has 0 spiro atoms. The average Bonchev–Trinajstić information content (AvgIpc) is 2.61. The average molecular weight is 367 g/mol. The zero-order valence-corrected chi connectivity index (χ0v) is 16.7. The van der Waals surface area contributed by atoms with Crippen molar-refractivity contribution in [2.45, 2.75) is 32.4 Å². The zero-order chi connectivity index (χ0) is 19.4. The van der Waals surface area contributed by atoms with Crippen molar-refractivity contribution in [1.29, 1.82) is 0 Å². The second kappa shape index (κ2) is 8.63. The van der Waals surface area contributed by atoms with E-state index < -0.39 is 0 Å². The number of aromatic nitrogens is 1. The monoisotopic (exact) mass is 367 g/mol. The molecular weight excluding hydrogens is 338 g/mol. The predicted molar refractivity (Wildman–Crippen MR) is 107 cm³/mol. The van der Waals surface area contributed by atoms with Crippen molar-refractivity contribution in [2.24, 2.45) is 0 Å². The van der Waals surface area contributed by atoms with E-state index in [9.17, 15) is 4.79 Å². The Morgan fingerprint density at radius 1 is 1.19 bits per heavy atom. The number of hydrogen-bond acceptors (Lipinski definition) is 4. The van der Waals surface area contributed by atoms with E-state index in [0.717, 1.165) is 29.1 Å². The quantitative estimate of drug-likeness (QED) is 0.815. The first kappa shape index (κ1) is 19.5. The van der Waals surface area contributed by atoms with E-state index in [-0.39, 0.29) is 18.1 Å². The summed E-state index contributed by atoms with van der Waals surface area (Å²) in [6, 6.07) is 14.2. The molecule has 0 N–H and O–H groups in total. The third-order valence-corrected chi connectivity index (χ3v) is 4.86. The summed E-state index contributed by atoms with van der Waals surface area (Å²) in [5.74, 6) is 0.140. The number of pyridine rings is 1. The minimum absolute atomic E-state index is 0.0407. The molecule has 1 amide bonds. The first-order valence-electron chi connectivity index (χ1n) is 9.49. The van der Waals surface area contributed by atoms with Crippen molar-refractivity contribution >= 4 is 5.91 Å². The van der Waals surface area contributed by atoms with Crippen LogP contribution in [-0.2, 0) is 16.0 Å². The van der Waals surface area contributed by atoms with Crippen LogP contribution in [0, 0.1) is 13.8 Å². The van der Waals surface area contributed by atoms with Gasteiger partial charge in [-0.05, 0) is 51.2 Å². The normalized spacial score (nSPS) is 20.1. The van der Waals surface area contributed by atoms with Gasteiger partial charge in [-0.15, -0.1) is 0 Å². The first-order chi connectivity index (χ1) is 12.9. The highest BCUT2D eigenvalue weighted by atomic mass is 16.5.